The van der Waals surface area contributed by atoms with Crippen LogP contribution in [0.1, 0.15) is 104 Å². The van der Waals surface area contributed by atoms with E-state index in [1.54, 1.807) is 32.2 Å². The predicted octanol–water partition coefficient (Wildman–Crippen LogP) is 8.88. The van der Waals surface area contributed by atoms with Gasteiger partial charge in [0.05, 0.1) is 13.2 Å². The minimum absolute atomic E-state index is 0.00630. The van der Waals surface area contributed by atoms with E-state index in [9.17, 15) is 30.3 Å². The standard InChI is InChI=1S/C51H57NO9/c1-31-13-19-42-46-30-61-49-23-34(15-20-48(49)59-3)14-17-39(55)26-40(60-21-7-12-41-44(27-45(46)51(57)58)50(42)43(31)28-47(41)56)25-36-24-38(54)18-16-35(36)10-5-4-8-33-9-6-11-37(22-33)52-29-32(2)53/h6,9,11,13,15-16,18-20,22-24,27-28,31-32,35-36,40,51-54,56-58H,4-5,8,10,12,14,17,25-26,29-30H2,1-3H3/t31-,32+,35-,36+,40+/m1/s1. The SMILES string of the molecule is COc1ccc2cc1OCc1c(C(O)O)cc3c(c(O)cc4c3c1C=C[C@H]4C)CC#CO[C@@H](C[C@@H]1C=C(O)C=C[C@H]1CCCCc1cccc(NC[C@H](C)O)c1)CC(=O)CC2. The molecule has 6 N–H and O–H groups in total. The molecule has 61 heavy (non-hydrogen) atoms. The lowest BCUT2D eigenvalue weighted by Crippen LogP contribution is -2.24. The maximum atomic E-state index is 13.7. The maximum Gasteiger partial charge on any atom is 0.178 e. The second-order valence-corrected chi connectivity index (χ2v) is 16.7. The second kappa shape index (κ2) is 19.8. The fraction of sp³-hybridized carbons (Fsp3) is 0.392. The highest BCUT2D eigenvalue weighted by Crippen LogP contribution is 2.44. The number of rotatable bonds is 12. The van der Waals surface area contributed by atoms with Crippen LogP contribution in [0.4, 0.5) is 5.69 Å². The van der Waals surface area contributed by atoms with Crippen molar-refractivity contribution in [2.75, 3.05) is 19.0 Å². The number of carbonyl (C=O) groups is 1. The van der Waals surface area contributed by atoms with Gasteiger partial charge in [-0.2, -0.15) is 0 Å². The average molecular weight is 828 g/mol. The molecule has 10 nitrogen and oxygen atoms in total. The van der Waals surface area contributed by atoms with Crippen molar-refractivity contribution in [3.8, 4) is 29.3 Å². The molecular weight excluding hydrogens is 771 g/mol. The summed E-state index contributed by atoms with van der Waals surface area (Å²) in [6.07, 6.45) is 14.9. The van der Waals surface area contributed by atoms with E-state index in [-0.39, 0.29) is 66.5 Å². The molecule has 0 radical (unpaired) electrons. The molecule has 2 aliphatic carbocycles. The van der Waals surface area contributed by atoms with Gasteiger partial charge in [-0.25, -0.2) is 0 Å². The van der Waals surface area contributed by atoms with Gasteiger partial charge < -0.3 is 45.1 Å². The number of methoxy groups -OCH3 is 1. The molecule has 6 bridgehead atoms. The first-order chi connectivity index (χ1) is 29.5. The third-order valence-corrected chi connectivity index (χ3v) is 12.1. The lowest BCUT2D eigenvalue weighted by molar-refractivity contribution is -0.121. The number of unbranched alkanes of at least 4 members (excludes halogenated alkanes) is 1. The van der Waals surface area contributed by atoms with Crippen molar-refractivity contribution < 1.29 is 44.5 Å². The van der Waals surface area contributed by atoms with Crippen LogP contribution < -0.4 is 14.8 Å². The normalized spacial score (nSPS) is 20.5. The number of ketones is 1. The van der Waals surface area contributed by atoms with Gasteiger partial charge in [0.2, 0.25) is 0 Å². The second-order valence-electron chi connectivity index (χ2n) is 16.7. The Labute approximate surface area is 358 Å². The van der Waals surface area contributed by atoms with Gasteiger partial charge in [0.25, 0.3) is 0 Å². The van der Waals surface area contributed by atoms with Gasteiger partial charge in [-0.1, -0.05) is 55.7 Å². The Morgan fingerprint density at radius 2 is 1.82 bits per heavy atom. The summed E-state index contributed by atoms with van der Waals surface area (Å²) in [5, 5.41) is 57.9. The van der Waals surface area contributed by atoms with Crippen LogP contribution in [0.2, 0.25) is 0 Å². The zero-order valence-corrected chi connectivity index (χ0v) is 35.2. The van der Waals surface area contributed by atoms with Crippen molar-refractivity contribution in [2.24, 2.45) is 11.8 Å². The molecule has 0 amide bonds. The Bertz CT molecular complexity index is 2380. The quantitative estimate of drug-likeness (QED) is 0.0463. The van der Waals surface area contributed by atoms with Gasteiger partial charge in [0, 0.05) is 54.1 Å². The molecule has 0 aromatic heterocycles. The lowest BCUT2D eigenvalue weighted by atomic mass is 9.80. The number of hydrogen-bond donors (Lipinski definition) is 6. The zero-order valence-electron chi connectivity index (χ0n) is 35.2. The van der Waals surface area contributed by atoms with E-state index in [4.69, 9.17) is 14.2 Å². The number of benzene rings is 4. The monoisotopic (exact) mass is 827 g/mol. The minimum atomic E-state index is -1.82. The smallest absolute Gasteiger partial charge is 0.178 e. The number of Topliss-reactive ketones (excluding diaryl/α,β-unsaturated/α-hetero) is 1. The van der Waals surface area contributed by atoms with E-state index in [0.29, 0.717) is 47.4 Å². The highest BCUT2D eigenvalue weighted by molar-refractivity contribution is 6.01. The summed E-state index contributed by atoms with van der Waals surface area (Å²) >= 11 is 0. The van der Waals surface area contributed by atoms with Gasteiger partial charge in [-0.3, -0.25) is 4.79 Å². The minimum Gasteiger partial charge on any atom is -0.508 e. The Balaban J connectivity index is 1.15. The number of carbonyl (C=O) groups excluding carboxylic acids is 1. The molecule has 0 spiro atoms. The summed E-state index contributed by atoms with van der Waals surface area (Å²) in [6, 6.07) is 17.3. The number of phenols is 1. The number of phenolic OH excluding ortho intramolecular Hbond substituents is 1. The van der Waals surface area contributed by atoms with Gasteiger partial charge in [-0.05, 0) is 132 Å². The molecular formula is C51H57NO9. The van der Waals surface area contributed by atoms with Gasteiger partial charge in [-0.15, -0.1) is 0 Å². The van der Waals surface area contributed by atoms with Crippen molar-refractivity contribution >= 4 is 28.3 Å². The fourth-order valence-corrected chi connectivity index (χ4v) is 8.86. The molecule has 0 saturated heterocycles. The van der Waals surface area contributed by atoms with Gasteiger partial charge >= 0.3 is 0 Å². The Morgan fingerprint density at radius 3 is 2.62 bits per heavy atom. The molecule has 4 aliphatic rings. The lowest BCUT2D eigenvalue weighted by Gasteiger charge is -2.28. The summed E-state index contributed by atoms with van der Waals surface area (Å²) in [5.41, 5.74) is 6.17. The zero-order chi connectivity index (χ0) is 43.0. The molecule has 0 unspecified atom stereocenters. The molecule has 320 valence electrons. The van der Waals surface area contributed by atoms with E-state index >= 15 is 0 Å². The summed E-state index contributed by atoms with van der Waals surface area (Å²) in [7, 11) is 1.56. The summed E-state index contributed by atoms with van der Waals surface area (Å²) in [4.78, 5) is 13.7. The first-order valence-corrected chi connectivity index (χ1v) is 21.4. The van der Waals surface area contributed by atoms with Crippen molar-refractivity contribution in [2.45, 2.75) is 103 Å². The van der Waals surface area contributed by atoms with Crippen LogP contribution in [0.15, 0.2) is 84.7 Å². The third kappa shape index (κ3) is 10.6. The van der Waals surface area contributed by atoms with Crippen LogP contribution in [0.3, 0.4) is 0 Å². The van der Waals surface area contributed by atoms with Crippen LogP contribution in [-0.4, -0.2) is 57.2 Å². The van der Waals surface area contributed by atoms with E-state index < -0.39 is 18.5 Å². The maximum absolute atomic E-state index is 13.7. The number of aliphatic hydroxyl groups excluding tert-OH is 3. The number of hydrogen-bond acceptors (Lipinski definition) is 10. The van der Waals surface area contributed by atoms with Crippen molar-refractivity contribution in [3.05, 3.63) is 124 Å². The fourth-order valence-electron chi connectivity index (χ4n) is 8.86. The van der Waals surface area contributed by atoms with Crippen LogP contribution in [0.5, 0.6) is 17.2 Å². The van der Waals surface area contributed by atoms with Crippen LogP contribution in [-0.2, 0) is 35.4 Å². The van der Waals surface area contributed by atoms with Crippen LogP contribution in [0.25, 0.3) is 16.8 Å². The highest BCUT2D eigenvalue weighted by Gasteiger charge is 2.28. The Morgan fingerprint density at radius 1 is 0.967 bits per heavy atom. The third-order valence-electron chi connectivity index (χ3n) is 12.1. The van der Waals surface area contributed by atoms with E-state index in [2.05, 4.69) is 35.6 Å². The van der Waals surface area contributed by atoms with Crippen molar-refractivity contribution in [1.29, 1.82) is 0 Å². The molecule has 8 rings (SSSR count). The van der Waals surface area contributed by atoms with Crippen LogP contribution >= 0.6 is 0 Å². The van der Waals surface area contributed by atoms with E-state index in [0.717, 1.165) is 53.4 Å². The number of aryl methyl sites for hydroxylation is 2. The molecule has 4 aromatic rings. The summed E-state index contributed by atoms with van der Waals surface area (Å²) in [5.74, 6) is 4.35. The molecule has 10 heteroatoms. The first-order valence-electron chi connectivity index (χ1n) is 21.4. The van der Waals surface area contributed by atoms with Gasteiger partial charge in [0.1, 0.15) is 36.1 Å². The van der Waals surface area contributed by atoms with Gasteiger partial charge in [0.15, 0.2) is 17.8 Å². The first kappa shape index (κ1) is 43.4. The number of allylic oxidation sites excluding steroid dienone is 4. The number of anilines is 1. The van der Waals surface area contributed by atoms with E-state index in [1.807, 2.05) is 55.5 Å². The topological polar surface area (TPSA) is 158 Å². The number of nitrogens with one attached hydrogen (secondary N) is 1. The number of aromatic hydroxyl groups is 1. The molecule has 2 heterocycles. The largest absolute Gasteiger partial charge is 0.508 e. The molecule has 2 aliphatic heterocycles. The number of ether oxygens (including phenoxy) is 3. The average Bonchev–Trinajstić information content (AvgIpc) is 3.24. The number of fused-ring (bicyclic) bond motifs is 9. The van der Waals surface area contributed by atoms with Crippen LogP contribution in [0, 0.1) is 23.9 Å². The molecule has 4 aromatic carbocycles. The summed E-state index contributed by atoms with van der Waals surface area (Å²) < 4.78 is 18.3. The highest BCUT2D eigenvalue weighted by atomic mass is 16.5. The molecule has 0 saturated carbocycles. The summed E-state index contributed by atoms with van der Waals surface area (Å²) in [6.45, 7) is 4.31. The molecule has 0 fully saturated rings. The Hall–Kier alpha value is -5.73. The number of aliphatic hydroxyl groups is 4. The predicted molar refractivity (Wildman–Crippen MR) is 237 cm³/mol. The van der Waals surface area contributed by atoms with Crippen molar-refractivity contribution in [1.82, 2.24) is 0 Å². The van der Waals surface area contributed by atoms with Crippen molar-refractivity contribution in [3.63, 3.8) is 0 Å². The molecule has 5 atom stereocenters. The Kier molecular flexibility index (Phi) is 14.1. The van der Waals surface area contributed by atoms with E-state index in [1.165, 1.54) is 5.56 Å².